The second kappa shape index (κ2) is 8.44. The zero-order valence-electron chi connectivity index (χ0n) is 17.0. The van der Waals surface area contributed by atoms with Crippen LogP contribution in [-0.2, 0) is 0 Å². The van der Waals surface area contributed by atoms with Crippen LogP contribution >= 0.6 is 0 Å². The first-order valence-corrected chi connectivity index (χ1v) is 10.5. The van der Waals surface area contributed by atoms with Crippen LogP contribution in [0.25, 0.3) is 11.1 Å². The molecule has 5 rings (SSSR count). The first-order chi connectivity index (χ1) is 15.3. The number of carbonyl (C=O) groups is 1. The van der Waals surface area contributed by atoms with E-state index < -0.39 is 0 Å². The van der Waals surface area contributed by atoms with Crippen molar-refractivity contribution in [3.05, 3.63) is 114 Å². The van der Waals surface area contributed by atoms with Crippen LogP contribution in [0.5, 0.6) is 0 Å². The molecule has 1 aliphatic carbocycles. The molecule has 1 heterocycles. The molecule has 0 spiro atoms. The number of nitrogens with one attached hydrogen (secondary N) is 2. The lowest BCUT2D eigenvalue weighted by Crippen LogP contribution is -2.26. The molecular formula is C27H23N3O. The molecule has 0 aliphatic heterocycles. The summed E-state index contributed by atoms with van der Waals surface area (Å²) >= 11 is 0. The van der Waals surface area contributed by atoms with Gasteiger partial charge in [0.05, 0.1) is 0 Å². The van der Waals surface area contributed by atoms with Gasteiger partial charge in [0.25, 0.3) is 5.91 Å². The van der Waals surface area contributed by atoms with E-state index in [4.69, 9.17) is 0 Å². The molecule has 2 N–H and O–H groups in total. The summed E-state index contributed by atoms with van der Waals surface area (Å²) in [6.07, 6.45) is 2.84. The predicted octanol–water partition coefficient (Wildman–Crippen LogP) is 5.78. The van der Waals surface area contributed by atoms with Crippen LogP contribution in [0.4, 0.5) is 11.5 Å². The summed E-state index contributed by atoms with van der Waals surface area (Å²) in [6.45, 7) is 0. The number of benzene rings is 3. The standard InChI is InChI=1S/C27H23N3O/c31-27(30-25-17-24(25)20-10-5-2-6-11-20)21-12-7-13-23(16-21)29-26-15-14-22(18-28-26)19-8-3-1-4-9-19/h1-16,18,24-25H,17H2,(H,28,29)(H,30,31)/t24-,25+/m0/s1. The van der Waals surface area contributed by atoms with Crippen molar-refractivity contribution in [2.45, 2.75) is 18.4 Å². The van der Waals surface area contributed by atoms with E-state index in [1.165, 1.54) is 5.56 Å². The molecule has 4 heteroatoms. The Labute approximate surface area is 182 Å². The fourth-order valence-electron chi connectivity index (χ4n) is 3.83. The van der Waals surface area contributed by atoms with Crippen LogP contribution in [0.3, 0.4) is 0 Å². The Bertz CT molecular complexity index is 1170. The quantitative estimate of drug-likeness (QED) is 0.428. The number of anilines is 2. The van der Waals surface area contributed by atoms with Gasteiger partial charge >= 0.3 is 0 Å². The molecule has 152 valence electrons. The zero-order valence-corrected chi connectivity index (χ0v) is 17.0. The highest BCUT2D eigenvalue weighted by Crippen LogP contribution is 2.40. The summed E-state index contributed by atoms with van der Waals surface area (Å²) in [7, 11) is 0. The van der Waals surface area contributed by atoms with Gasteiger partial charge in [-0.3, -0.25) is 4.79 Å². The third kappa shape index (κ3) is 4.48. The molecule has 0 radical (unpaired) electrons. The van der Waals surface area contributed by atoms with Crippen molar-refractivity contribution < 1.29 is 4.79 Å². The van der Waals surface area contributed by atoms with Crippen molar-refractivity contribution in [2.24, 2.45) is 0 Å². The van der Waals surface area contributed by atoms with Crippen molar-refractivity contribution >= 4 is 17.4 Å². The first-order valence-electron chi connectivity index (χ1n) is 10.5. The largest absolute Gasteiger partial charge is 0.349 e. The van der Waals surface area contributed by atoms with Crippen LogP contribution in [0.2, 0.25) is 0 Å². The van der Waals surface area contributed by atoms with Gasteiger partial charge in [0, 0.05) is 35.0 Å². The molecule has 2 atom stereocenters. The number of rotatable bonds is 6. The Morgan fingerprint density at radius 3 is 2.32 bits per heavy atom. The number of amides is 1. The number of hydrogen-bond acceptors (Lipinski definition) is 3. The summed E-state index contributed by atoms with van der Waals surface area (Å²) in [5.74, 6) is 1.11. The highest BCUT2D eigenvalue weighted by molar-refractivity contribution is 5.95. The molecule has 1 aromatic heterocycles. The molecule has 3 aromatic carbocycles. The van der Waals surface area contributed by atoms with Crippen molar-refractivity contribution in [1.29, 1.82) is 0 Å². The van der Waals surface area contributed by atoms with Crippen LogP contribution in [0.1, 0.15) is 28.3 Å². The second-order valence-electron chi connectivity index (χ2n) is 7.84. The topological polar surface area (TPSA) is 54.0 Å². The van der Waals surface area contributed by atoms with Crippen LogP contribution in [0.15, 0.2) is 103 Å². The van der Waals surface area contributed by atoms with Gasteiger partial charge in [-0.15, -0.1) is 0 Å². The lowest BCUT2D eigenvalue weighted by molar-refractivity contribution is 0.0950. The van der Waals surface area contributed by atoms with E-state index in [1.807, 2.05) is 79.0 Å². The number of hydrogen-bond donors (Lipinski definition) is 2. The number of aromatic nitrogens is 1. The van der Waals surface area contributed by atoms with Crippen molar-refractivity contribution in [3.8, 4) is 11.1 Å². The molecule has 1 aliphatic rings. The van der Waals surface area contributed by atoms with Gasteiger partial charge in [0.15, 0.2) is 0 Å². The number of nitrogens with zero attached hydrogens (tertiary/aromatic N) is 1. The van der Waals surface area contributed by atoms with E-state index in [0.717, 1.165) is 29.1 Å². The Balaban J connectivity index is 1.23. The number of pyridine rings is 1. The molecule has 0 bridgehead atoms. The highest BCUT2D eigenvalue weighted by atomic mass is 16.1. The summed E-state index contributed by atoms with van der Waals surface area (Å²) in [6, 6.07) is 32.2. The monoisotopic (exact) mass is 405 g/mol. The molecule has 1 fully saturated rings. The number of carbonyl (C=O) groups excluding carboxylic acids is 1. The van der Waals surface area contributed by atoms with Crippen LogP contribution in [-0.4, -0.2) is 16.9 Å². The average molecular weight is 406 g/mol. The highest BCUT2D eigenvalue weighted by Gasteiger charge is 2.39. The Morgan fingerprint density at radius 2 is 1.58 bits per heavy atom. The van der Waals surface area contributed by atoms with Crippen LogP contribution in [0, 0.1) is 0 Å². The van der Waals surface area contributed by atoms with Gasteiger partial charge in [0.1, 0.15) is 5.82 Å². The van der Waals surface area contributed by atoms with Gasteiger partial charge in [-0.1, -0.05) is 66.7 Å². The Hall–Kier alpha value is -3.92. The van der Waals surface area contributed by atoms with E-state index >= 15 is 0 Å². The van der Waals surface area contributed by atoms with Gasteiger partial charge < -0.3 is 10.6 Å². The zero-order chi connectivity index (χ0) is 21.0. The minimum absolute atomic E-state index is 0.0422. The molecule has 4 nitrogen and oxygen atoms in total. The third-order valence-corrected chi connectivity index (χ3v) is 5.60. The minimum Gasteiger partial charge on any atom is -0.349 e. The molecule has 4 aromatic rings. The van der Waals surface area contributed by atoms with Gasteiger partial charge in [-0.05, 0) is 47.9 Å². The maximum Gasteiger partial charge on any atom is 0.251 e. The Morgan fingerprint density at radius 1 is 0.806 bits per heavy atom. The van der Waals surface area contributed by atoms with Gasteiger partial charge in [-0.2, -0.15) is 0 Å². The maximum atomic E-state index is 12.7. The minimum atomic E-state index is -0.0422. The fraction of sp³-hybridized carbons (Fsp3) is 0.111. The first kappa shape index (κ1) is 19.1. The molecule has 0 saturated heterocycles. The SMILES string of the molecule is O=C(N[C@@H]1C[C@H]1c1ccccc1)c1cccc(Nc2ccc(-c3ccccc3)cn2)c1. The fourth-order valence-corrected chi connectivity index (χ4v) is 3.83. The van der Waals surface area contributed by atoms with E-state index in [1.54, 1.807) is 0 Å². The summed E-state index contributed by atoms with van der Waals surface area (Å²) in [5, 5.41) is 6.44. The average Bonchev–Trinajstić information content (AvgIpc) is 3.60. The summed E-state index contributed by atoms with van der Waals surface area (Å²) < 4.78 is 0. The summed E-state index contributed by atoms with van der Waals surface area (Å²) in [4.78, 5) is 17.2. The molecular weight excluding hydrogens is 382 g/mol. The summed E-state index contributed by atoms with van der Waals surface area (Å²) in [5.41, 5.74) is 4.96. The molecule has 1 amide bonds. The van der Waals surface area contributed by atoms with Crippen LogP contribution < -0.4 is 10.6 Å². The van der Waals surface area contributed by atoms with E-state index in [9.17, 15) is 4.79 Å². The van der Waals surface area contributed by atoms with E-state index in [-0.39, 0.29) is 11.9 Å². The van der Waals surface area contributed by atoms with E-state index in [0.29, 0.717) is 11.5 Å². The maximum absolute atomic E-state index is 12.7. The van der Waals surface area contributed by atoms with Crippen molar-refractivity contribution in [2.75, 3.05) is 5.32 Å². The Kier molecular flexibility index (Phi) is 5.19. The second-order valence-corrected chi connectivity index (χ2v) is 7.84. The van der Waals surface area contributed by atoms with Gasteiger partial charge in [-0.25, -0.2) is 4.98 Å². The molecule has 0 unspecified atom stereocenters. The predicted molar refractivity (Wildman–Crippen MR) is 124 cm³/mol. The lowest BCUT2D eigenvalue weighted by atomic mass is 10.1. The van der Waals surface area contributed by atoms with Crippen molar-refractivity contribution in [1.82, 2.24) is 10.3 Å². The van der Waals surface area contributed by atoms with E-state index in [2.05, 4.69) is 39.9 Å². The lowest BCUT2D eigenvalue weighted by Gasteiger charge is -2.09. The molecule has 1 saturated carbocycles. The van der Waals surface area contributed by atoms with Crippen molar-refractivity contribution in [3.63, 3.8) is 0 Å². The smallest absolute Gasteiger partial charge is 0.251 e. The molecule has 31 heavy (non-hydrogen) atoms. The third-order valence-electron chi connectivity index (χ3n) is 5.60. The normalized spacial score (nSPS) is 17.0. The van der Waals surface area contributed by atoms with Gasteiger partial charge in [0.2, 0.25) is 0 Å².